The minimum atomic E-state index is -1.08. The molecule has 3 aromatic rings. The lowest BCUT2D eigenvalue weighted by atomic mass is 10.0. The average Bonchev–Trinajstić information content (AvgIpc) is 3.20. The summed E-state index contributed by atoms with van der Waals surface area (Å²) in [7, 11) is 2.20. The Morgan fingerprint density at radius 2 is 1.90 bits per heavy atom. The predicted molar refractivity (Wildman–Crippen MR) is 148 cm³/mol. The molecular weight excluding hydrogens is 519 g/mol. The second-order valence-electron chi connectivity index (χ2n) is 9.74. The van der Waals surface area contributed by atoms with E-state index >= 15 is 0 Å². The van der Waals surface area contributed by atoms with Gasteiger partial charge in [0.2, 0.25) is 0 Å². The zero-order chi connectivity index (χ0) is 27.9. The highest BCUT2D eigenvalue weighted by Crippen LogP contribution is 2.29. The molecule has 0 spiro atoms. The Morgan fingerprint density at radius 3 is 2.62 bits per heavy atom. The highest BCUT2D eigenvalue weighted by Gasteiger charge is 2.29. The SMILES string of the molecule is Cc1nc2c(s1)CC=c1cccnc1=C2N1CCN(C)C(CCc2cccc(F)c2)C1.O=C(O)CCC(=O)O. The third-order valence-corrected chi connectivity index (χ3v) is 7.89. The molecule has 3 heterocycles. The number of aryl methyl sites for hydroxylation is 2. The largest absolute Gasteiger partial charge is 0.481 e. The molecule has 1 aliphatic heterocycles. The number of halogens is 1. The molecular formula is C29H33FN4O4S. The van der Waals surface area contributed by atoms with Crippen LogP contribution in [0.2, 0.25) is 0 Å². The van der Waals surface area contributed by atoms with Gasteiger partial charge in [-0.15, -0.1) is 11.3 Å². The molecule has 206 valence electrons. The van der Waals surface area contributed by atoms with E-state index in [4.69, 9.17) is 20.2 Å². The molecule has 2 aliphatic rings. The minimum Gasteiger partial charge on any atom is -0.481 e. The number of likely N-dealkylation sites (N-methyl/N-ethyl adjacent to an activating group) is 1. The van der Waals surface area contributed by atoms with E-state index < -0.39 is 11.9 Å². The molecule has 0 amide bonds. The molecule has 1 aromatic carbocycles. The zero-order valence-corrected chi connectivity index (χ0v) is 23.0. The number of pyridine rings is 1. The van der Waals surface area contributed by atoms with Gasteiger partial charge < -0.3 is 15.1 Å². The van der Waals surface area contributed by atoms with Gasteiger partial charge in [-0.05, 0) is 55.8 Å². The Hall–Kier alpha value is -3.63. The first-order valence-electron chi connectivity index (χ1n) is 13.0. The van der Waals surface area contributed by atoms with Crippen molar-refractivity contribution >= 4 is 35.0 Å². The van der Waals surface area contributed by atoms with Crippen LogP contribution in [0, 0.1) is 12.7 Å². The number of hydrogen-bond acceptors (Lipinski definition) is 7. The number of nitrogens with zero attached hydrogens (tertiary/aromatic N) is 4. The van der Waals surface area contributed by atoms with Gasteiger partial charge in [-0.25, -0.2) is 9.37 Å². The molecule has 2 N–H and O–H groups in total. The van der Waals surface area contributed by atoms with Crippen molar-refractivity contribution in [2.75, 3.05) is 26.7 Å². The van der Waals surface area contributed by atoms with Crippen molar-refractivity contribution in [2.24, 2.45) is 0 Å². The molecule has 10 heteroatoms. The molecule has 0 saturated carbocycles. The number of aromatic nitrogens is 2. The molecule has 5 rings (SSSR count). The lowest BCUT2D eigenvalue weighted by Gasteiger charge is -2.41. The van der Waals surface area contributed by atoms with Gasteiger partial charge in [0.25, 0.3) is 0 Å². The summed E-state index contributed by atoms with van der Waals surface area (Å²) in [4.78, 5) is 35.3. The van der Waals surface area contributed by atoms with Gasteiger partial charge in [0, 0.05) is 43.2 Å². The fourth-order valence-corrected chi connectivity index (χ4v) is 5.79. The fraction of sp³-hybridized carbons (Fsp3) is 0.379. The van der Waals surface area contributed by atoms with Crippen LogP contribution in [0.25, 0.3) is 11.8 Å². The summed E-state index contributed by atoms with van der Waals surface area (Å²) in [5.74, 6) is -2.31. The first-order chi connectivity index (χ1) is 18.7. The average molecular weight is 553 g/mol. The van der Waals surface area contributed by atoms with E-state index in [9.17, 15) is 14.0 Å². The molecule has 0 bridgehead atoms. The van der Waals surface area contributed by atoms with Gasteiger partial charge in [0.1, 0.15) is 11.5 Å². The Morgan fingerprint density at radius 1 is 1.13 bits per heavy atom. The second kappa shape index (κ2) is 12.9. The molecule has 39 heavy (non-hydrogen) atoms. The van der Waals surface area contributed by atoms with Crippen LogP contribution in [0.3, 0.4) is 0 Å². The second-order valence-corrected chi connectivity index (χ2v) is 11.0. The summed E-state index contributed by atoms with van der Waals surface area (Å²) in [5.41, 5.74) is 3.34. The summed E-state index contributed by atoms with van der Waals surface area (Å²) in [6, 6.07) is 11.5. The van der Waals surface area contributed by atoms with E-state index in [1.165, 1.54) is 21.9 Å². The maximum atomic E-state index is 13.6. The van der Waals surface area contributed by atoms with Crippen LogP contribution >= 0.6 is 11.3 Å². The quantitative estimate of drug-likeness (QED) is 0.461. The Bertz CT molecular complexity index is 1440. The van der Waals surface area contributed by atoms with Crippen molar-refractivity contribution < 1.29 is 24.2 Å². The van der Waals surface area contributed by atoms with Crippen molar-refractivity contribution in [3.8, 4) is 0 Å². The topological polar surface area (TPSA) is 107 Å². The number of carbonyl (C=O) groups is 2. The standard InChI is InChI=1S/C25H27FN4S.C4H6O4/c1-17-28-24-22(31-17)11-9-19-6-4-12-27-23(19)25(24)30-14-13-29(2)21(16-30)10-8-18-5-3-7-20(26)15-18;5-3(6)1-2-4(7)8/h3-7,9,12,15,21H,8,10-11,13-14,16H2,1-2H3;1-2H2,(H,5,6)(H,7,8). The molecule has 1 atom stereocenters. The lowest BCUT2D eigenvalue weighted by Crippen LogP contribution is -2.52. The number of aliphatic carboxylic acids is 2. The van der Waals surface area contributed by atoms with Gasteiger partial charge >= 0.3 is 11.9 Å². The van der Waals surface area contributed by atoms with Crippen LogP contribution in [-0.2, 0) is 22.4 Å². The number of carboxylic acid groups (broad SMARTS) is 2. The van der Waals surface area contributed by atoms with E-state index in [-0.39, 0.29) is 18.7 Å². The number of carboxylic acids is 2. The third kappa shape index (κ3) is 7.48. The van der Waals surface area contributed by atoms with Gasteiger partial charge in [0.15, 0.2) is 0 Å². The molecule has 2 aromatic heterocycles. The molecule has 1 saturated heterocycles. The molecule has 0 radical (unpaired) electrons. The predicted octanol–water partition coefficient (Wildman–Crippen LogP) is 2.66. The summed E-state index contributed by atoms with van der Waals surface area (Å²) in [6.45, 7) is 4.95. The number of piperazine rings is 1. The van der Waals surface area contributed by atoms with Gasteiger partial charge in [-0.3, -0.25) is 19.5 Å². The third-order valence-electron chi connectivity index (χ3n) is 6.90. The Balaban J connectivity index is 0.000000386. The van der Waals surface area contributed by atoms with E-state index in [2.05, 4.69) is 35.9 Å². The lowest BCUT2D eigenvalue weighted by molar-refractivity contribution is -0.143. The van der Waals surface area contributed by atoms with Crippen LogP contribution in [0.1, 0.15) is 40.4 Å². The van der Waals surface area contributed by atoms with Crippen molar-refractivity contribution in [1.29, 1.82) is 0 Å². The molecule has 8 nitrogen and oxygen atoms in total. The minimum absolute atomic E-state index is 0.157. The van der Waals surface area contributed by atoms with Crippen LogP contribution in [0.15, 0.2) is 42.6 Å². The first kappa shape index (κ1) is 28.4. The molecule has 1 unspecified atom stereocenters. The summed E-state index contributed by atoms with van der Waals surface area (Å²) in [6.07, 6.45) is 6.34. The monoisotopic (exact) mass is 552 g/mol. The smallest absolute Gasteiger partial charge is 0.303 e. The number of thiazole rings is 1. The summed E-state index contributed by atoms with van der Waals surface area (Å²) >= 11 is 1.79. The first-order valence-corrected chi connectivity index (χ1v) is 13.8. The highest BCUT2D eigenvalue weighted by molar-refractivity contribution is 7.11. The van der Waals surface area contributed by atoms with Crippen LogP contribution in [0.5, 0.6) is 0 Å². The number of fused-ring (bicyclic) bond motifs is 2. The maximum Gasteiger partial charge on any atom is 0.303 e. The van der Waals surface area contributed by atoms with Gasteiger partial charge in [0.05, 0.1) is 28.9 Å². The van der Waals surface area contributed by atoms with Crippen LogP contribution < -0.4 is 10.6 Å². The van der Waals surface area contributed by atoms with E-state index in [0.717, 1.165) is 60.5 Å². The summed E-state index contributed by atoms with van der Waals surface area (Å²) in [5, 5.41) is 19.1. The Kier molecular flexibility index (Phi) is 9.42. The highest BCUT2D eigenvalue weighted by atomic mass is 32.1. The summed E-state index contributed by atoms with van der Waals surface area (Å²) < 4.78 is 13.6. The normalized spacial score (nSPS) is 16.7. The van der Waals surface area contributed by atoms with E-state index in [0.29, 0.717) is 6.04 Å². The van der Waals surface area contributed by atoms with Crippen molar-refractivity contribution in [3.63, 3.8) is 0 Å². The van der Waals surface area contributed by atoms with Crippen LogP contribution in [-0.4, -0.2) is 74.6 Å². The number of benzene rings is 1. The molecule has 1 aliphatic carbocycles. The fourth-order valence-electron chi connectivity index (χ4n) is 4.89. The number of hydrogen-bond donors (Lipinski definition) is 2. The van der Waals surface area contributed by atoms with Crippen molar-refractivity contribution in [3.05, 3.63) is 80.1 Å². The van der Waals surface area contributed by atoms with E-state index in [1.807, 2.05) is 18.3 Å². The zero-order valence-electron chi connectivity index (χ0n) is 22.1. The van der Waals surface area contributed by atoms with Crippen molar-refractivity contribution in [2.45, 2.75) is 45.1 Å². The maximum absolute atomic E-state index is 13.6. The number of rotatable bonds is 7. The van der Waals surface area contributed by atoms with Gasteiger partial charge in [-0.2, -0.15) is 0 Å². The van der Waals surface area contributed by atoms with Crippen LogP contribution in [0.4, 0.5) is 4.39 Å². The van der Waals surface area contributed by atoms with Crippen molar-refractivity contribution in [1.82, 2.24) is 19.8 Å². The van der Waals surface area contributed by atoms with Gasteiger partial charge in [-0.1, -0.05) is 24.3 Å². The Labute approximate surface area is 230 Å². The molecule has 1 fully saturated rings. The van der Waals surface area contributed by atoms with E-state index in [1.54, 1.807) is 23.5 Å².